The van der Waals surface area contributed by atoms with Crippen molar-refractivity contribution in [1.29, 1.82) is 0 Å². The van der Waals surface area contributed by atoms with E-state index in [1.807, 2.05) is 24.7 Å². The number of hydrogen-bond donors (Lipinski definition) is 2. The molecule has 0 atom stereocenters. The van der Waals surface area contributed by atoms with E-state index in [0.717, 1.165) is 0 Å². The summed E-state index contributed by atoms with van der Waals surface area (Å²) in [6.45, 7) is 2.30. The van der Waals surface area contributed by atoms with Crippen molar-refractivity contribution in [2.45, 2.75) is 6.92 Å². The fourth-order valence-electron chi connectivity index (χ4n) is 1.95. The van der Waals surface area contributed by atoms with Gasteiger partial charge in [-0.3, -0.25) is 14.6 Å². The van der Waals surface area contributed by atoms with Crippen molar-refractivity contribution in [1.82, 2.24) is 28.8 Å². The first-order valence-corrected chi connectivity index (χ1v) is 7.36. The molecule has 3 aromatic heterocycles. The molecule has 0 aliphatic rings. The summed E-state index contributed by atoms with van der Waals surface area (Å²) < 4.78 is 3.08. The maximum Gasteiger partial charge on any atom is 0.332 e. The van der Waals surface area contributed by atoms with Crippen LogP contribution in [0.25, 0.3) is 22.6 Å². The summed E-state index contributed by atoms with van der Waals surface area (Å²) >= 11 is 4.05. The van der Waals surface area contributed by atoms with Crippen LogP contribution in [-0.4, -0.2) is 41.4 Å². The van der Waals surface area contributed by atoms with E-state index in [9.17, 15) is 4.79 Å². The number of thiol groups is 1. The minimum Gasteiger partial charge on any atom is -0.340 e. The van der Waals surface area contributed by atoms with Gasteiger partial charge in [0, 0.05) is 19.8 Å². The molecular formula is C14H15N7OS. The quantitative estimate of drug-likeness (QED) is 0.719. The van der Waals surface area contributed by atoms with Gasteiger partial charge in [-0.1, -0.05) is 12.8 Å². The van der Waals surface area contributed by atoms with E-state index >= 15 is 0 Å². The van der Waals surface area contributed by atoms with Crippen LogP contribution in [0.2, 0.25) is 0 Å². The average Bonchev–Trinajstić information content (AvgIpc) is 2.99. The Labute approximate surface area is 138 Å². The number of aryl methyl sites for hydroxylation is 1. The van der Waals surface area contributed by atoms with E-state index in [1.54, 1.807) is 24.7 Å². The van der Waals surface area contributed by atoms with E-state index in [-0.39, 0.29) is 6.03 Å². The largest absolute Gasteiger partial charge is 0.340 e. The maximum absolute atomic E-state index is 11.8. The molecule has 23 heavy (non-hydrogen) atoms. The topological polar surface area (TPSA) is 88.8 Å². The number of anilines is 1. The van der Waals surface area contributed by atoms with Crippen molar-refractivity contribution in [3.8, 4) is 11.4 Å². The van der Waals surface area contributed by atoms with Gasteiger partial charge in [0.1, 0.15) is 22.7 Å². The van der Waals surface area contributed by atoms with Gasteiger partial charge in [-0.05, 0) is 19.1 Å². The van der Waals surface area contributed by atoms with Gasteiger partial charge in [-0.15, -0.1) is 0 Å². The molecule has 9 heteroatoms. The Bertz CT molecular complexity index is 863. The molecule has 3 heterocycles. The molecule has 0 aliphatic heterocycles. The number of amides is 2. The van der Waals surface area contributed by atoms with Crippen LogP contribution < -0.4 is 5.32 Å². The average molecular weight is 329 g/mol. The first kappa shape index (κ1) is 15.2. The van der Waals surface area contributed by atoms with Gasteiger partial charge >= 0.3 is 6.03 Å². The van der Waals surface area contributed by atoms with Gasteiger partial charge in [0.15, 0.2) is 5.65 Å². The Morgan fingerprint density at radius 1 is 1.30 bits per heavy atom. The molecule has 0 fully saturated rings. The second kappa shape index (κ2) is 6.21. The minimum atomic E-state index is -0.350. The Morgan fingerprint density at radius 2 is 2.13 bits per heavy atom. The molecule has 3 aromatic rings. The van der Waals surface area contributed by atoms with Crippen molar-refractivity contribution in [3.05, 3.63) is 30.9 Å². The molecule has 0 bridgehead atoms. The van der Waals surface area contributed by atoms with Crippen LogP contribution in [0.4, 0.5) is 10.6 Å². The molecule has 1 N–H and O–H groups in total. The highest BCUT2D eigenvalue weighted by molar-refractivity contribution is 7.78. The highest BCUT2D eigenvalue weighted by atomic mass is 32.1. The number of pyridine rings is 1. The summed E-state index contributed by atoms with van der Waals surface area (Å²) in [7, 11) is 1.88. The van der Waals surface area contributed by atoms with Gasteiger partial charge in [0.05, 0.1) is 12.5 Å². The van der Waals surface area contributed by atoms with Gasteiger partial charge in [0.2, 0.25) is 0 Å². The first-order chi connectivity index (χ1) is 11.1. The van der Waals surface area contributed by atoms with Crippen LogP contribution in [0.5, 0.6) is 0 Å². The standard InChI is InChI=1S/C14H15N7OS/c1-3-21(23)14(22)19-12-5-4-9-13(18-12)17-10(6-15-9)11-7-20(2)8-16-11/h4-8,23H,3H2,1-2H3,(H,17,18,19,22). The summed E-state index contributed by atoms with van der Waals surface area (Å²) in [4.78, 5) is 29.2. The van der Waals surface area contributed by atoms with Crippen molar-refractivity contribution in [2.24, 2.45) is 7.05 Å². The lowest BCUT2D eigenvalue weighted by Gasteiger charge is -2.13. The summed E-state index contributed by atoms with van der Waals surface area (Å²) in [5.41, 5.74) is 2.41. The smallest absolute Gasteiger partial charge is 0.332 e. The predicted octanol–water partition coefficient (Wildman–Crippen LogP) is 2.12. The molecule has 0 aromatic carbocycles. The fourth-order valence-corrected chi connectivity index (χ4v) is 2.00. The molecule has 0 spiro atoms. The van der Waals surface area contributed by atoms with Crippen molar-refractivity contribution >= 4 is 35.8 Å². The highest BCUT2D eigenvalue weighted by Crippen LogP contribution is 2.17. The molecule has 0 radical (unpaired) electrons. The molecule has 0 aliphatic carbocycles. The van der Waals surface area contributed by atoms with Crippen LogP contribution in [0.1, 0.15) is 6.92 Å². The third-order valence-corrected chi connectivity index (χ3v) is 3.61. The molecular weight excluding hydrogens is 314 g/mol. The number of nitrogens with zero attached hydrogens (tertiary/aromatic N) is 6. The molecule has 2 amide bonds. The summed E-state index contributed by atoms with van der Waals surface area (Å²) in [5, 5.41) is 2.66. The summed E-state index contributed by atoms with van der Waals surface area (Å²) in [5.74, 6) is 0.391. The first-order valence-electron chi connectivity index (χ1n) is 6.96. The number of rotatable bonds is 3. The second-order valence-electron chi connectivity index (χ2n) is 4.86. The normalized spacial score (nSPS) is 10.7. The van der Waals surface area contributed by atoms with Crippen LogP contribution in [0.3, 0.4) is 0 Å². The number of aromatic nitrogens is 5. The minimum absolute atomic E-state index is 0.350. The van der Waals surface area contributed by atoms with Gasteiger partial charge in [0.25, 0.3) is 0 Å². The number of fused-ring (bicyclic) bond motifs is 1. The van der Waals surface area contributed by atoms with Gasteiger partial charge in [-0.25, -0.2) is 19.7 Å². The molecule has 3 rings (SSSR count). The number of hydrogen-bond acceptors (Lipinski definition) is 6. The summed E-state index contributed by atoms with van der Waals surface area (Å²) in [6, 6.07) is 3.07. The number of carbonyl (C=O) groups is 1. The molecule has 0 saturated carbocycles. The van der Waals surface area contributed by atoms with E-state index in [4.69, 9.17) is 0 Å². The SMILES string of the molecule is CCN(S)C(=O)Nc1ccc2ncc(-c3cn(C)cn3)nc2n1. The molecule has 0 unspecified atom stereocenters. The lowest BCUT2D eigenvalue weighted by atomic mass is 10.3. The Balaban J connectivity index is 1.93. The van der Waals surface area contributed by atoms with Crippen LogP contribution in [0, 0.1) is 0 Å². The lowest BCUT2D eigenvalue weighted by Crippen LogP contribution is -2.27. The fraction of sp³-hybridized carbons (Fsp3) is 0.214. The number of nitrogens with one attached hydrogen (secondary N) is 1. The zero-order valence-corrected chi connectivity index (χ0v) is 13.5. The third-order valence-electron chi connectivity index (χ3n) is 3.14. The van der Waals surface area contributed by atoms with Crippen LogP contribution in [-0.2, 0) is 7.05 Å². The van der Waals surface area contributed by atoms with Gasteiger partial charge < -0.3 is 4.57 Å². The maximum atomic E-state index is 11.8. The second-order valence-corrected chi connectivity index (χ2v) is 5.35. The number of imidazole rings is 1. The van der Waals surface area contributed by atoms with Crippen molar-refractivity contribution < 1.29 is 4.79 Å². The molecule has 118 valence electrons. The Morgan fingerprint density at radius 3 is 2.83 bits per heavy atom. The monoisotopic (exact) mass is 329 g/mol. The third kappa shape index (κ3) is 3.24. The molecule has 8 nitrogen and oxygen atoms in total. The summed E-state index contributed by atoms with van der Waals surface area (Å²) in [6.07, 6.45) is 5.19. The van der Waals surface area contributed by atoms with E-state index in [0.29, 0.717) is 34.9 Å². The lowest BCUT2D eigenvalue weighted by molar-refractivity contribution is 0.240. The van der Waals surface area contributed by atoms with Crippen LogP contribution >= 0.6 is 12.8 Å². The van der Waals surface area contributed by atoms with E-state index in [1.165, 1.54) is 4.31 Å². The van der Waals surface area contributed by atoms with Crippen molar-refractivity contribution in [2.75, 3.05) is 11.9 Å². The molecule has 0 saturated heterocycles. The van der Waals surface area contributed by atoms with Gasteiger partial charge in [-0.2, -0.15) is 0 Å². The predicted molar refractivity (Wildman–Crippen MR) is 89.9 cm³/mol. The van der Waals surface area contributed by atoms with Crippen molar-refractivity contribution in [3.63, 3.8) is 0 Å². The zero-order valence-electron chi connectivity index (χ0n) is 12.6. The van der Waals surface area contributed by atoms with E-state index < -0.39 is 0 Å². The number of carbonyl (C=O) groups excluding carboxylic acids is 1. The Kier molecular flexibility index (Phi) is 4.11. The highest BCUT2D eigenvalue weighted by Gasteiger charge is 2.10. The Hall–Kier alpha value is -2.68. The zero-order chi connectivity index (χ0) is 16.4. The van der Waals surface area contributed by atoms with E-state index in [2.05, 4.69) is 38.1 Å². The number of urea groups is 1. The van der Waals surface area contributed by atoms with Crippen LogP contribution in [0.15, 0.2) is 30.9 Å².